The first-order chi connectivity index (χ1) is 9.22. The summed E-state index contributed by atoms with van der Waals surface area (Å²) in [5.74, 6) is 1.10. The lowest BCUT2D eigenvalue weighted by Gasteiger charge is -1.95. The molecule has 0 aliphatic carbocycles. The number of rotatable bonds is 2. The van der Waals surface area contributed by atoms with Crippen molar-refractivity contribution >= 4 is 31.9 Å². The van der Waals surface area contributed by atoms with E-state index in [1.807, 2.05) is 48.5 Å². The van der Waals surface area contributed by atoms with Gasteiger partial charge in [0.25, 0.3) is 5.89 Å². The zero-order valence-electron chi connectivity index (χ0n) is 9.68. The maximum absolute atomic E-state index is 5.30. The first-order valence-electron chi connectivity index (χ1n) is 5.58. The van der Waals surface area contributed by atoms with E-state index in [0.29, 0.717) is 11.7 Å². The molecule has 19 heavy (non-hydrogen) atoms. The third-order valence-corrected chi connectivity index (χ3v) is 3.62. The molecule has 0 bridgehead atoms. The lowest BCUT2D eigenvalue weighted by molar-refractivity contribution is 0.432. The number of benzene rings is 2. The third-order valence-electron chi connectivity index (χ3n) is 2.60. The zero-order valence-corrected chi connectivity index (χ0v) is 12.8. The topological polar surface area (TPSA) is 38.9 Å². The van der Waals surface area contributed by atoms with E-state index >= 15 is 0 Å². The van der Waals surface area contributed by atoms with Gasteiger partial charge in [0, 0.05) is 20.1 Å². The average molecular weight is 380 g/mol. The summed E-state index contributed by atoms with van der Waals surface area (Å²) in [7, 11) is 0. The molecule has 0 N–H and O–H groups in total. The van der Waals surface area contributed by atoms with Crippen LogP contribution in [-0.4, -0.2) is 10.1 Å². The second-order valence-corrected chi connectivity index (χ2v) is 5.77. The molecule has 1 heterocycles. The van der Waals surface area contributed by atoms with Crippen molar-refractivity contribution in [1.82, 2.24) is 10.1 Å². The smallest absolute Gasteiger partial charge is 0.258 e. The standard InChI is InChI=1S/C14H8Br2N2O/c15-11-6-4-9(5-7-11)13-17-14(19-18-13)10-2-1-3-12(16)8-10/h1-8H. The number of halogens is 2. The van der Waals surface area contributed by atoms with E-state index in [2.05, 4.69) is 42.0 Å². The fourth-order valence-electron chi connectivity index (χ4n) is 1.68. The molecule has 0 amide bonds. The van der Waals surface area contributed by atoms with Crippen LogP contribution < -0.4 is 0 Å². The van der Waals surface area contributed by atoms with Crippen LogP contribution in [0.5, 0.6) is 0 Å². The zero-order chi connectivity index (χ0) is 13.2. The highest BCUT2D eigenvalue weighted by molar-refractivity contribution is 9.10. The first kappa shape index (κ1) is 12.6. The van der Waals surface area contributed by atoms with Gasteiger partial charge in [0.2, 0.25) is 5.82 Å². The van der Waals surface area contributed by atoms with Crippen molar-refractivity contribution in [3.8, 4) is 22.8 Å². The Morgan fingerprint density at radius 3 is 2.37 bits per heavy atom. The van der Waals surface area contributed by atoms with Crippen LogP contribution in [0.1, 0.15) is 0 Å². The Balaban J connectivity index is 1.97. The average Bonchev–Trinajstić information content (AvgIpc) is 2.89. The van der Waals surface area contributed by atoms with Gasteiger partial charge in [0.05, 0.1) is 0 Å². The van der Waals surface area contributed by atoms with Crippen LogP contribution in [0.2, 0.25) is 0 Å². The minimum atomic E-state index is 0.513. The van der Waals surface area contributed by atoms with Gasteiger partial charge in [-0.1, -0.05) is 43.1 Å². The minimum absolute atomic E-state index is 0.513. The molecule has 0 aliphatic heterocycles. The molecule has 2 aromatic carbocycles. The van der Waals surface area contributed by atoms with Gasteiger partial charge in [-0.25, -0.2) is 0 Å². The Morgan fingerprint density at radius 1 is 0.842 bits per heavy atom. The normalized spacial score (nSPS) is 10.6. The van der Waals surface area contributed by atoms with Crippen LogP contribution in [0.3, 0.4) is 0 Å². The van der Waals surface area contributed by atoms with Crippen LogP contribution in [0.15, 0.2) is 62.0 Å². The third kappa shape index (κ3) is 2.77. The van der Waals surface area contributed by atoms with Crippen LogP contribution in [0.25, 0.3) is 22.8 Å². The number of nitrogens with zero attached hydrogens (tertiary/aromatic N) is 2. The summed E-state index contributed by atoms with van der Waals surface area (Å²) in [4.78, 5) is 4.41. The Morgan fingerprint density at radius 2 is 1.63 bits per heavy atom. The molecule has 1 aromatic heterocycles. The second-order valence-electron chi connectivity index (χ2n) is 3.94. The van der Waals surface area contributed by atoms with Gasteiger partial charge >= 0.3 is 0 Å². The van der Waals surface area contributed by atoms with E-state index in [1.54, 1.807) is 0 Å². The quantitative estimate of drug-likeness (QED) is 0.633. The molecule has 5 heteroatoms. The lowest BCUT2D eigenvalue weighted by atomic mass is 10.2. The van der Waals surface area contributed by atoms with Gasteiger partial charge < -0.3 is 4.52 Å². The summed E-state index contributed by atoms with van der Waals surface area (Å²) < 4.78 is 7.30. The predicted octanol–water partition coefficient (Wildman–Crippen LogP) is 4.93. The SMILES string of the molecule is Brc1ccc(-c2noc(-c3cccc(Br)c3)n2)cc1. The highest BCUT2D eigenvalue weighted by atomic mass is 79.9. The Labute approximate surface area is 126 Å². The van der Waals surface area contributed by atoms with Gasteiger partial charge in [0.1, 0.15) is 0 Å². The fourth-order valence-corrected chi connectivity index (χ4v) is 2.34. The molecule has 0 radical (unpaired) electrons. The molecule has 0 saturated carbocycles. The number of hydrogen-bond donors (Lipinski definition) is 0. The summed E-state index contributed by atoms with van der Waals surface area (Å²) in [5.41, 5.74) is 1.82. The minimum Gasteiger partial charge on any atom is -0.334 e. The van der Waals surface area contributed by atoms with Gasteiger partial charge in [-0.2, -0.15) is 4.98 Å². The van der Waals surface area contributed by atoms with Crippen molar-refractivity contribution in [2.75, 3.05) is 0 Å². The molecule has 0 unspecified atom stereocenters. The van der Waals surface area contributed by atoms with Gasteiger partial charge in [-0.3, -0.25) is 0 Å². The van der Waals surface area contributed by atoms with Gasteiger partial charge in [-0.05, 0) is 42.5 Å². The van der Waals surface area contributed by atoms with E-state index in [0.717, 1.165) is 20.1 Å². The molecule has 0 saturated heterocycles. The highest BCUT2D eigenvalue weighted by Gasteiger charge is 2.10. The first-order valence-corrected chi connectivity index (χ1v) is 7.16. The fraction of sp³-hybridized carbons (Fsp3) is 0. The summed E-state index contributed by atoms with van der Waals surface area (Å²) in [6.07, 6.45) is 0. The molecule has 0 spiro atoms. The van der Waals surface area contributed by atoms with E-state index in [9.17, 15) is 0 Å². The highest BCUT2D eigenvalue weighted by Crippen LogP contribution is 2.25. The van der Waals surface area contributed by atoms with Crippen LogP contribution in [0, 0.1) is 0 Å². The van der Waals surface area contributed by atoms with Crippen LogP contribution in [-0.2, 0) is 0 Å². The lowest BCUT2D eigenvalue weighted by Crippen LogP contribution is -1.81. The Bertz CT molecular complexity index is 707. The van der Waals surface area contributed by atoms with E-state index in [4.69, 9.17) is 4.52 Å². The van der Waals surface area contributed by atoms with E-state index in [-0.39, 0.29) is 0 Å². The molecular weight excluding hydrogens is 372 g/mol. The largest absolute Gasteiger partial charge is 0.334 e. The predicted molar refractivity (Wildman–Crippen MR) is 80.6 cm³/mol. The molecule has 0 aliphatic rings. The van der Waals surface area contributed by atoms with Crippen molar-refractivity contribution in [3.05, 3.63) is 57.5 Å². The summed E-state index contributed by atoms with van der Waals surface area (Å²) in [6.45, 7) is 0. The second kappa shape index (κ2) is 5.27. The Hall–Kier alpha value is -1.46. The van der Waals surface area contributed by atoms with Crippen molar-refractivity contribution in [3.63, 3.8) is 0 Å². The van der Waals surface area contributed by atoms with Crippen molar-refractivity contribution in [2.45, 2.75) is 0 Å². The maximum atomic E-state index is 5.30. The summed E-state index contributed by atoms with van der Waals surface area (Å²) >= 11 is 6.82. The monoisotopic (exact) mass is 378 g/mol. The number of hydrogen-bond acceptors (Lipinski definition) is 3. The summed E-state index contributed by atoms with van der Waals surface area (Å²) in [5, 5.41) is 4.01. The van der Waals surface area contributed by atoms with Crippen molar-refractivity contribution in [2.24, 2.45) is 0 Å². The molecule has 3 nitrogen and oxygen atoms in total. The maximum Gasteiger partial charge on any atom is 0.258 e. The van der Waals surface area contributed by atoms with Crippen molar-refractivity contribution < 1.29 is 4.52 Å². The van der Waals surface area contributed by atoms with Crippen LogP contribution in [0.4, 0.5) is 0 Å². The Kier molecular flexibility index (Phi) is 3.48. The van der Waals surface area contributed by atoms with Crippen molar-refractivity contribution in [1.29, 1.82) is 0 Å². The van der Waals surface area contributed by atoms with Gasteiger partial charge in [-0.15, -0.1) is 0 Å². The molecule has 3 rings (SSSR count). The van der Waals surface area contributed by atoms with Gasteiger partial charge in [0.15, 0.2) is 0 Å². The molecule has 0 fully saturated rings. The van der Waals surface area contributed by atoms with E-state index in [1.165, 1.54) is 0 Å². The number of aromatic nitrogens is 2. The molecular formula is C14H8Br2N2O. The summed E-state index contributed by atoms with van der Waals surface area (Å²) in [6, 6.07) is 15.6. The molecule has 3 aromatic rings. The molecule has 0 atom stereocenters. The van der Waals surface area contributed by atoms with Crippen LogP contribution >= 0.6 is 31.9 Å². The molecule has 94 valence electrons. The van der Waals surface area contributed by atoms with E-state index < -0.39 is 0 Å².